The smallest absolute Gasteiger partial charge is 0.335 e. The van der Waals surface area contributed by atoms with Gasteiger partial charge in [-0.25, -0.2) is 14.8 Å². The van der Waals surface area contributed by atoms with Gasteiger partial charge in [0.25, 0.3) is 11.8 Å². The monoisotopic (exact) mass is 599 g/mol. The van der Waals surface area contributed by atoms with Gasteiger partial charge in [0.15, 0.2) is 0 Å². The molecule has 0 spiro atoms. The number of benzene rings is 6. The van der Waals surface area contributed by atoms with Crippen molar-refractivity contribution in [3.63, 3.8) is 0 Å². The van der Waals surface area contributed by atoms with Gasteiger partial charge in [-0.3, -0.25) is 14.5 Å². The number of para-hydroxylation sites is 2. The van der Waals surface area contributed by atoms with E-state index in [1.165, 1.54) is 0 Å². The molecular weight excluding hydrogens is 574 g/mol. The lowest BCUT2D eigenvalue weighted by Gasteiger charge is -2.26. The summed E-state index contributed by atoms with van der Waals surface area (Å²) in [6.45, 7) is 0. The Bertz CT molecular complexity index is 2300. The Kier molecular flexibility index (Phi) is 6.57. The molecule has 8 rings (SSSR count). The summed E-state index contributed by atoms with van der Waals surface area (Å²) in [6, 6.07) is 39.5. The summed E-state index contributed by atoms with van der Waals surface area (Å²) in [6.07, 6.45) is 0.0851. The second-order valence-corrected chi connectivity index (χ2v) is 11.2. The van der Waals surface area contributed by atoms with Gasteiger partial charge >= 0.3 is 5.97 Å². The maximum absolute atomic E-state index is 14.5. The Morgan fingerprint density at radius 1 is 0.609 bits per heavy atom. The lowest BCUT2D eigenvalue weighted by molar-refractivity contribution is -0.138. The molecule has 2 heterocycles. The van der Waals surface area contributed by atoms with Gasteiger partial charge in [-0.05, 0) is 35.4 Å². The van der Waals surface area contributed by atoms with Crippen LogP contribution in [0.4, 0.5) is 0 Å². The number of carbonyl (C=O) groups excluding carboxylic acids is 3. The third-order valence-electron chi connectivity index (χ3n) is 8.41. The fourth-order valence-corrected chi connectivity index (χ4v) is 6.25. The van der Waals surface area contributed by atoms with Gasteiger partial charge in [0.1, 0.15) is 17.3 Å². The average molecular weight is 600 g/mol. The topological polar surface area (TPSA) is 89.5 Å². The number of amides is 2. The van der Waals surface area contributed by atoms with Crippen molar-refractivity contribution in [1.29, 1.82) is 0 Å². The summed E-state index contributed by atoms with van der Waals surface area (Å²) in [5.74, 6) is -1.49. The molecular formula is C39H25N3O4. The number of hydrogen-bond donors (Lipinski definition) is 0. The van der Waals surface area contributed by atoms with E-state index < -0.39 is 23.8 Å². The Labute approximate surface area is 263 Å². The molecule has 0 saturated carbocycles. The summed E-state index contributed by atoms with van der Waals surface area (Å²) in [5.41, 5.74) is 5.40. The van der Waals surface area contributed by atoms with Gasteiger partial charge in [-0.15, -0.1) is 0 Å². The number of hydrogen-bond acceptors (Lipinski definition) is 6. The van der Waals surface area contributed by atoms with Gasteiger partial charge in [0, 0.05) is 17.2 Å². The number of fused-ring (bicyclic) bond motifs is 5. The van der Waals surface area contributed by atoms with Crippen LogP contribution in [-0.4, -0.2) is 38.7 Å². The number of carbonyl (C=O) groups is 3. The summed E-state index contributed by atoms with van der Waals surface area (Å²) in [7, 11) is 0. The zero-order valence-corrected chi connectivity index (χ0v) is 24.5. The molecule has 1 aromatic heterocycles. The van der Waals surface area contributed by atoms with Crippen LogP contribution in [0.15, 0.2) is 133 Å². The van der Waals surface area contributed by atoms with Gasteiger partial charge in [0.05, 0.1) is 33.2 Å². The predicted octanol–water partition coefficient (Wildman–Crippen LogP) is 7.42. The van der Waals surface area contributed by atoms with Crippen molar-refractivity contribution in [2.24, 2.45) is 0 Å². The van der Waals surface area contributed by atoms with E-state index in [4.69, 9.17) is 14.7 Å². The predicted molar refractivity (Wildman–Crippen MR) is 176 cm³/mol. The normalized spacial score (nSPS) is 13.3. The minimum Gasteiger partial charge on any atom is -0.424 e. The molecule has 0 N–H and O–H groups in total. The van der Waals surface area contributed by atoms with Crippen molar-refractivity contribution in [1.82, 2.24) is 14.9 Å². The molecule has 0 aliphatic carbocycles. The number of ether oxygens (including phenoxy) is 1. The van der Waals surface area contributed by atoms with Crippen molar-refractivity contribution in [2.75, 3.05) is 0 Å². The van der Waals surface area contributed by atoms with Crippen LogP contribution in [-0.2, 0) is 11.2 Å². The molecule has 6 aromatic carbocycles. The number of nitrogens with zero attached hydrogens (tertiary/aromatic N) is 3. The van der Waals surface area contributed by atoms with Gasteiger partial charge < -0.3 is 4.74 Å². The van der Waals surface area contributed by atoms with Crippen LogP contribution in [0.5, 0.6) is 5.75 Å². The first-order valence-corrected chi connectivity index (χ1v) is 15.0. The van der Waals surface area contributed by atoms with Crippen molar-refractivity contribution in [3.8, 4) is 16.9 Å². The molecule has 46 heavy (non-hydrogen) atoms. The first kappa shape index (κ1) is 27.3. The molecule has 0 saturated heterocycles. The van der Waals surface area contributed by atoms with Gasteiger partial charge in [0.2, 0.25) is 0 Å². The van der Waals surface area contributed by atoms with Crippen LogP contribution in [0.3, 0.4) is 0 Å². The standard InChI is InChI=1S/C39H25N3O4/c43-37-28-19-9-10-20-29(28)38(44)42(37)32(23-24-13-3-1-4-14-24)39(45)46-36-27-18-8-7-17-26(27)34-35(33(36)25-15-5-2-6-16-25)41-31-22-12-11-21-30(31)40-34/h1-22,32H,23H2/t32-/m0/s1. The zero-order chi connectivity index (χ0) is 31.2. The zero-order valence-electron chi connectivity index (χ0n) is 24.5. The molecule has 0 unspecified atom stereocenters. The Hall–Kier alpha value is -6.21. The second kappa shape index (κ2) is 11.1. The summed E-state index contributed by atoms with van der Waals surface area (Å²) < 4.78 is 6.42. The van der Waals surface area contributed by atoms with Crippen LogP contribution in [0.25, 0.3) is 44.0 Å². The van der Waals surface area contributed by atoms with E-state index in [0.29, 0.717) is 33.2 Å². The van der Waals surface area contributed by atoms with E-state index in [1.807, 2.05) is 109 Å². The first-order chi connectivity index (χ1) is 22.6. The third kappa shape index (κ3) is 4.49. The van der Waals surface area contributed by atoms with Crippen LogP contribution in [0, 0.1) is 0 Å². The van der Waals surface area contributed by atoms with E-state index in [9.17, 15) is 14.4 Å². The number of imide groups is 1. The molecule has 7 heteroatoms. The van der Waals surface area contributed by atoms with E-state index in [2.05, 4.69) is 0 Å². The Morgan fingerprint density at radius 2 is 1.13 bits per heavy atom. The molecule has 1 aliphatic rings. The largest absolute Gasteiger partial charge is 0.424 e. The highest BCUT2D eigenvalue weighted by Gasteiger charge is 2.44. The minimum atomic E-state index is -1.23. The molecule has 2 amide bonds. The fourth-order valence-electron chi connectivity index (χ4n) is 6.25. The van der Waals surface area contributed by atoms with E-state index in [-0.39, 0.29) is 17.5 Å². The lowest BCUT2D eigenvalue weighted by atomic mass is 9.96. The van der Waals surface area contributed by atoms with Crippen LogP contribution in [0.2, 0.25) is 0 Å². The number of aromatic nitrogens is 2. The lowest BCUT2D eigenvalue weighted by Crippen LogP contribution is -2.48. The summed E-state index contributed by atoms with van der Waals surface area (Å²) in [5, 5.41) is 1.42. The maximum atomic E-state index is 14.5. The van der Waals surface area contributed by atoms with Crippen LogP contribution >= 0.6 is 0 Å². The molecule has 0 radical (unpaired) electrons. The SMILES string of the molecule is O=C(Oc1c(-c2ccccc2)c2nc3ccccc3nc2c2ccccc12)[C@H](Cc1ccccc1)N1C(=O)c2ccccc2C1=O. The van der Waals surface area contributed by atoms with Crippen LogP contribution in [0.1, 0.15) is 26.3 Å². The number of rotatable bonds is 6. The van der Waals surface area contributed by atoms with E-state index in [0.717, 1.165) is 26.9 Å². The minimum absolute atomic E-state index is 0.0851. The van der Waals surface area contributed by atoms with Crippen molar-refractivity contribution in [3.05, 3.63) is 150 Å². The van der Waals surface area contributed by atoms with Gasteiger partial charge in [-0.1, -0.05) is 109 Å². The molecule has 0 fully saturated rings. The maximum Gasteiger partial charge on any atom is 0.335 e. The van der Waals surface area contributed by atoms with Crippen molar-refractivity contribution < 1.29 is 19.1 Å². The molecule has 7 nitrogen and oxygen atoms in total. The summed E-state index contributed by atoms with van der Waals surface area (Å²) >= 11 is 0. The fraction of sp³-hybridized carbons (Fsp3) is 0.0513. The first-order valence-electron chi connectivity index (χ1n) is 15.0. The number of esters is 1. The van der Waals surface area contributed by atoms with Crippen molar-refractivity contribution in [2.45, 2.75) is 12.5 Å². The highest BCUT2D eigenvalue weighted by atomic mass is 16.5. The highest BCUT2D eigenvalue weighted by Crippen LogP contribution is 2.43. The van der Waals surface area contributed by atoms with E-state index >= 15 is 0 Å². The molecule has 7 aromatic rings. The molecule has 0 bridgehead atoms. The second-order valence-electron chi connectivity index (χ2n) is 11.2. The third-order valence-corrected chi connectivity index (χ3v) is 8.41. The highest BCUT2D eigenvalue weighted by molar-refractivity contribution is 6.23. The molecule has 1 atom stereocenters. The Morgan fingerprint density at radius 3 is 1.78 bits per heavy atom. The van der Waals surface area contributed by atoms with Crippen LogP contribution < -0.4 is 4.74 Å². The van der Waals surface area contributed by atoms with Gasteiger partial charge in [-0.2, -0.15) is 0 Å². The quantitative estimate of drug-likeness (QED) is 0.0650. The van der Waals surface area contributed by atoms with E-state index in [1.54, 1.807) is 24.3 Å². The molecule has 1 aliphatic heterocycles. The summed E-state index contributed by atoms with van der Waals surface area (Å²) in [4.78, 5) is 53.0. The molecule has 220 valence electrons. The average Bonchev–Trinajstić information content (AvgIpc) is 3.36. The van der Waals surface area contributed by atoms with Crippen molar-refractivity contribution >= 4 is 50.6 Å². The Balaban J connectivity index is 1.34.